The van der Waals surface area contributed by atoms with E-state index in [4.69, 9.17) is 9.72 Å². The lowest BCUT2D eigenvalue weighted by Crippen LogP contribution is -2.25. The van der Waals surface area contributed by atoms with Crippen LogP contribution in [0, 0.1) is 6.92 Å². The summed E-state index contributed by atoms with van der Waals surface area (Å²) in [5.74, 6) is 1.52. The highest BCUT2D eigenvalue weighted by Crippen LogP contribution is 2.18. The first kappa shape index (κ1) is 20.2. The summed E-state index contributed by atoms with van der Waals surface area (Å²) in [6.07, 6.45) is 0. The van der Waals surface area contributed by atoms with Gasteiger partial charge in [0.2, 0.25) is 0 Å². The van der Waals surface area contributed by atoms with Gasteiger partial charge in [-0.15, -0.1) is 0 Å². The minimum absolute atomic E-state index is 0.128. The van der Waals surface area contributed by atoms with E-state index in [9.17, 15) is 4.79 Å². The number of rotatable bonds is 7. The van der Waals surface area contributed by atoms with Crippen LogP contribution in [0.2, 0.25) is 0 Å². The Hall–Kier alpha value is -3.12. The number of ether oxygens (including phenoxy) is 1. The number of aryl methyl sites for hydroxylation is 1. The van der Waals surface area contributed by atoms with Gasteiger partial charge in [0.05, 0.1) is 24.1 Å². The Morgan fingerprint density at radius 3 is 2.67 bits per heavy atom. The third-order valence-electron chi connectivity index (χ3n) is 4.82. The number of fused-ring (bicyclic) bond motifs is 1. The summed E-state index contributed by atoms with van der Waals surface area (Å²) in [5.41, 5.74) is 3.71. The fourth-order valence-corrected chi connectivity index (χ4v) is 3.60. The van der Waals surface area contributed by atoms with Crippen molar-refractivity contribution >= 4 is 32.9 Å². The van der Waals surface area contributed by atoms with Gasteiger partial charge in [-0.25, -0.2) is 4.98 Å². The highest BCUT2D eigenvalue weighted by Gasteiger charge is 2.12. The number of carbonyl (C=O) groups is 1. The summed E-state index contributed by atoms with van der Waals surface area (Å²) in [7, 11) is 0. The smallest absolute Gasteiger partial charge is 0.251 e. The zero-order valence-electron chi connectivity index (χ0n) is 16.6. The van der Waals surface area contributed by atoms with E-state index in [2.05, 4.69) is 25.8 Å². The van der Waals surface area contributed by atoms with Gasteiger partial charge in [0.25, 0.3) is 5.91 Å². The molecule has 0 atom stereocenters. The molecule has 0 saturated carbocycles. The molecule has 0 aliphatic carbocycles. The van der Waals surface area contributed by atoms with Crippen molar-refractivity contribution in [3.8, 4) is 5.75 Å². The number of halogens is 1. The summed E-state index contributed by atoms with van der Waals surface area (Å²) in [4.78, 5) is 17.2. The van der Waals surface area contributed by atoms with E-state index in [0.29, 0.717) is 25.3 Å². The molecule has 1 aromatic heterocycles. The molecule has 4 aromatic rings. The van der Waals surface area contributed by atoms with Crippen LogP contribution in [-0.2, 0) is 13.1 Å². The molecule has 1 N–H and O–H groups in total. The number of aromatic nitrogens is 2. The van der Waals surface area contributed by atoms with Crippen LogP contribution in [-0.4, -0.2) is 22.1 Å². The van der Waals surface area contributed by atoms with E-state index >= 15 is 0 Å². The number of imidazole rings is 1. The zero-order chi connectivity index (χ0) is 20.9. The van der Waals surface area contributed by atoms with Crippen LogP contribution in [0.1, 0.15) is 21.7 Å². The molecule has 0 aliphatic heterocycles. The molecule has 0 aliphatic rings. The number of hydrogen-bond donors (Lipinski definition) is 1. The lowest BCUT2D eigenvalue weighted by Gasteiger charge is -2.12. The number of hydrogen-bond acceptors (Lipinski definition) is 3. The number of nitrogens with zero attached hydrogens (tertiary/aromatic N) is 2. The average molecular weight is 464 g/mol. The van der Waals surface area contributed by atoms with Crippen molar-refractivity contribution in [1.29, 1.82) is 0 Å². The molecule has 5 nitrogen and oxygen atoms in total. The normalized spacial score (nSPS) is 10.9. The van der Waals surface area contributed by atoms with Gasteiger partial charge >= 0.3 is 0 Å². The summed E-state index contributed by atoms with van der Waals surface area (Å²) in [5, 5.41) is 2.97. The van der Waals surface area contributed by atoms with Gasteiger partial charge in [0.15, 0.2) is 0 Å². The SMILES string of the molecule is Cc1cccc(OCCn2c(CNC(=O)c3ccc(Br)cc3)nc3ccccc32)c1. The molecule has 1 heterocycles. The minimum atomic E-state index is -0.128. The maximum absolute atomic E-state index is 12.5. The fraction of sp³-hybridized carbons (Fsp3) is 0.167. The highest BCUT2D eigenvalue weighted by atomic mass is 79.9. The largest absolute Gasteiger partial charge is 0.492 e. The maximum Gasteiger partial charge on any atom is 0.251 e. The third-order valence-corrected chi connectivity index (χ3v) is 5.35. The zero-order valence-corrected chi connectivity index (χ0v) is 18.2. The molecular formula is C24H22BrN3O2. The quantitative estimate of drug-likeness (QED) is 0.413. The Morgan fingerprint density at radius 1 is 1.07 bits per heavy atom. The Bertz CT molecular complexity index is 1170. The lowest BCUT2D eigenvalue weighted by molar-refractivity contribution is 0.0949. The van der Waals surface area contributed by atoms with Crippen LogP contribution in [0.3, 0.4) is 0 Å². The first-order chi connectivity index (χ1) is 14.6. The Kier molecular flexibility index (Phi) is 6.14. The van der Waals surface area contributed by atoms with Crippen molar-refractivity contribution < 1.29 is 9.53 Å². The fourth-order valence-electron chi connectivity index (χ4n) is 3.33. The Balaban J connectivity index is 1.48. The van der Waals surface area contributed by atoms with Gasteiger partial charge < -0.3 is 14.6 Å². The lowest BCUT2D eigenvalue weighted by atomic mass is 10.2. The Morgan fingerprint density at radius 2 is 1.87 bits per heavy atom. The summed E-state index contributed by atoms with van der Waals surface area (Å²) >= 11 is 3.39. The monoisotopic (exact) mass is 463 g/mol. The second-order valence-electron chi connectivity index (χ2n) is 7.02. The van der Waals surface area contributed by atoms with Crippen LogP contribution >= 0.6 is 15.9 Å². The standard InChI is InChI=1S/C24H22BrN3O2/c1-17-5-4-6-20(15-17)30-14-13-28-22-8-3-2-7-21(22)27-23(28)16-26-24(29)18-9-11-19(25)12-10-18/h2-12,15H,13-14,16H2,1H3,(H,26,29). The summed E-state index contributed by atoms with van der Waals surface area (Å²) in [6, 6.07) is 23.3. The molecule has 0 unspecified atom stereocenters. The van der Waals surface area contributed by atoms with Gasteiger partial charge in [-0.2, -0.15) is 0 Å². The number of para-hydroxylation sites is 2. The number of amides is 1. The molecule has 3 aromatic carbocycles. The summed E-state index contributed by atoms with van der Waals surface area (Å²) < 4.78 is 8.97. The topological polar surface area (TPSA) is 56.1 Å². The van der Waals surface area contributed by atoms with E-state index in [1.54, 1.807) is 12.1 Å². The van der Waals surface area contributed by atoms with E-state index < -0.39 is 0 Å². The Labute approximate surface area is 183 Å². The van der Waals surface area contributed by atoms with Crippen molar-refractivity contribution in [2.45, 2.75) is 20.0 Å². The number of nitrogens with one attached hydrogen (secondary N) is 1. The maximum atomic E-state index is 12.5. The molecule has 0 radical (unpaired) electrons. The predicted octanol–water partition coefficient (Wildman–Crippen LogP) is 5.12. The predicted molar refractivity (Wildman–Crippen MR) is 122 cm³/mol. The molecular weight excluding hydrogens is 442 g/mol. The van der Waals surface area contributed by atoms with Crippen molar-refractivity contribution in [2.75, 3.05) is 6.61 Å². The van der Waals surface area contributed by atoms with Crippen molar-refractivity contribution in [1.82, 2.24) is 14.9 Å². The number of carbonyl (C=O) groups excluding carboxylic acids is 1. The second-order valence-corrected chi connectivity index (χ2v) is 7.94. The van der Waals surface area contributed by atoms with Gasteiger partial charge in [-0.3, -0.25) is 4.79 Å². The molecule has 0 spiro atoms. The first-order valence-corrected chi connectivity index (χ1v) is 10.6. The molecule has 152 valence electrons. The average Bonchev–Trinajstić information content (AvgIpc) is 3.10. The first-order valence-electron chi connectivity index (χ1n) is 9.77. The van der Waals surface area contributed by atoms with E-state index in [1.165, 1.54) is 0 Å². The molecule has 4 rings (SSSR count). The van der Waals surface area contributed by atoms with Crippen molar-refractivity contribution in [3.05, 3.63) is 94.2 Å². The second kappa shape index (κ2) is 9.13. The van der Waals surface area contributed by atoms with E-state index in [0.717, 1.165) is 32.6 Å². The third kappa shape index (κ3) is 4.71. The van der Waals surface area contributed by atoms with E-state index in [-0.39, 0.29) is 5.91 Å². The minimum Gasteiger partial charge on any atom is -0.492 e. The molecule has 1 amide bonds. The highest BCUT2D eigenvalue weighted by molar-refractivity contribution is 9.10. The van der Waals surface area contributed by atoms with Crippen LogP contribution in [0.25, 0.3) is 11.0 Å². The van der Waals surface area contributed by atoms with Crippen LogP contribution in [0.4, 0.5) is 0 Å². The van der Waals surface area contributed by atoms with Crippen LogP contribution in [0.15, 0.2) is 77.3 Å². The molecule has 30 heavy (non-hydrogen) atoms. The van der Waals surface area contributed by atoms with E-state index in [1.807, 2.05) is 67.6 Å². The van der Waals surface area contributed by atoms with Crippen LogP contribution < -0.4 is 10.1 Å². The molecule has 0 bridgehead atoms. The summed E-state index contributed by atoms with van der Waals surface area (Å²) in [6.45, 7) is 3.53. The van der Waals surface area contributed by atoms with Crippen molar-refractivity contribution in [3.63, 3.8) is 0 Å². The van der Waals surface area contributed by atoms with Crippen LogP contribution in [0.5, 0.6) is 5.75 Å². The molecule has 0 saturated heterocycles. The molecule has 0 fully saturated rings. The van der Waals surface area contributed by atoms with Crippen molar-refractivity contribution in [2.24, 2.45) is 0 Å². The van der Waals surface area contributed by atoms with Gasteiger partial charge in [0.1, 0.15) is 18.2 Å². The molecule has 6 heteroatoms. The van der Waals surface area contributed by atoms with Gasteiger partial charge in [0, 0.05) is 10.0 Å². The number of benzene rings is 3. The van der Waals surface area contributed by atoms with Gasteiger partial charge in [-0.05, 0) is 61.0 Å². The van der Waals surface area contributed by atoms with Gasteiger partial charge in [-0.1, -0.05) is 40.2 Å².